The van der Waals surface area contributed by atoms with Gasteiger partial charge >= 0.3 is 0 Å². The number of anilines is 1. The molecule has 0 amide bonds. The van der Waals surface area contributed by atoms with Gasteiger partial charge < -0.3 is 15.4 Å². The van der Waals surface area contributed by atoms with Crippen LogP contribution in [-0.2, 0) is 6.54 Å². The Bertz CT molecular complexity index is 1300. The van der Waals surface area contributed by atoms with Gasteiger partial charge in [-0.2, -0.15) is 5.10 Å². The van der Waals surface area contributed by atoms with Crippen LogP contribution in [0.1, 0.15) is 12.8 Å². The van der Waals surface area contributed by atoms with Crippen LogP contribution < -0.4 is 10.5 Å². The Morgan fingerprint density at radius 2 is 1.85 bits per heavy atom. The third-order valence-corrected chi connectivity index (χ3v) is 6.03. The lowest BCUT2D eigenvalue weighted by molar-refractivity contribution is 0.294. The zero-order valence-electron chi connectivity index (χ0n) is 18.4. The molecule has 2 aromatic heterocycles. The number of hydrogen-bond donors (Lipinski definition) is 1. The first kappa shape index (κ1) is 20.8. The molecule has 0 bridgehead atoms. The van der Waals surface area contributed by atoms with E-state index in [0.717, 1.165) is 58.9 Å². The maximum atomic E-state index is 6.28. The van der Waals surface area contributed by atoms with E-state index in [1.807, 2.05) is 65.4 Å². The van der Waals surface area contributed by atoms with Crippen molar-refractivity contribution in [1.29, 1.82) is 0 Å². The molecule has 0 radical (unpaired) electrons. The summed E-state index contributed by atoms with van der Waals surface area (Å²) in [5, 5.41) is 5.69. The third-order valence-electron chi connectivity index (χ3n) is 6.03. The summed E-state index contributed by atoms with van der Waals surface area (Å²) in [6.07, 6.45) is 5.48. The fourth-order valence-electron chi connectivity index (χ4n) is 4.39. The molecule has 0 aliphatic carbocycles. The summed E-state index contributed by atoms with van der Waals surface area (Å²) in [7, 11) is 0. The summed E-state index contributed by atoms with van der Waals surface area (Å²) < 4.78 is 7.86. The summed E-state index contributed by atoms with van der Waals surface area (Å²) in [5.41, 5.74) is 9.65. The summed E-state index contributed by atoms with van der Waals surface area (Å²) in [5.74, 6) is 1.96. The number of nitrogens with two attached hydrogens (primary N) is 1. The first-order chi connectivity index (χ1) is 16.1. The lowest BCUT2D eigenvalue weighted by Gasteiger charge is -2.27. The van der Waals surface area contributed by atoms with Gasteiger partial charge in [0.25, 0.3) is 0 Å². The number of nitrogen functional groups attached to an aromatic ring is 1. The standard InChI is InChI=1S/C26H26N6O/c1-3-18(2)31-15-7-8-20(31)16-32-26-23(25(27)28-17-29-26)24(30-32)19-11-13-22(14-12-19)33-21-9-5-4-6-10-21/h3-6,9-14,17,20H,1-2,7-8,15-16H2,(H2,27,28,29). The molecule has 3 heterocycles. The number of benzene rings is 2. The van der Waals surface area contributed by atoms with E-state index in [1.54, 1.807) is 0 Å². The molecule has 7 heteroatoms. The van der Waals surface area contributed by atoms with E-state index in [0.29, 0.717) is 12.4 Å². The van der Waals surface area contributed by atoms with E-state index in [9.17, 15) is 0 Å². The van der Waals surface area contributed by atoms with E-state index in [-0.39, 0.29) is 6.04 Å². The second-order valence-corrected chi connectivity index (χ2v) is 8.11. The molecule has 2 N–H and O–H groups in total. The van der Waals surface area contributed by atoms with E-state index in [4.69, 9.17) is 15.6 Å². The van der Waals surface area contributed by atoms with Crippen LogP contribution in [0.3, 0.4) is 0 Å². The Balaban J connectivity index is 1.47. The highest BCUT2D eigenvalue weighted by Crippen LogP contribution is 2.33. The molecule has 1 aliphatic rings. The molecule has 0 saturated carbocycles. The quantitative estimate of drug-likeness (QED) is 0.408. The largest absolute Gasteiger partial charge is 0.457 e. The Morgan fingerprint density at radius 3 is 2.61 bits per heavy atom. The van der Waals surface area contributed by atoms with Crippen molar-refractivity contribution in [3.05, 3.63) is 85.9 Å². The number of fused-ring (bicyclic) bond motifs is 1. The highest BCUT2D eigenvalue weighted by molar-refractivity contribution is 5.98. The summed E-state index contributed by atoms with van der Waals surface area (Å²) in [4.78, 5) is 11.0. The van der Waals surface area contributed by atoms with Crippen molar-refractivity contribution in [3.8, 4) is 22.8 Å². The van der Waals surface area contributed by atoms with Crippen molar-refractivity contribution in [3.63, 3.8) is 0 Å². The topological polar surface area (TPSA) is 82.1 Å². The maximum absolute atomic E-state index is 6.28. The van der Waals surface area contributed by atoms with Gasteiger partial charge in [0.2, 0.25) is 0 Å². The van der Waals surface area contributed by atoms with Gasteiger partial charge in [0.05, 0.1) is 11.9 Å². The Morgan fingerprint density at radius 1 is 1.09 bits per heavy atom. The number of aromatic nitrogens is 4. The molecule has 33 heavy (non-hydrogen) atoms. The van der Waals surface area contributed by atoms with Crippen molar-refractivity contribution < 1.29 is 4.74 Å². The fraction of sp³-hybridized carbons (Fsp3) is 0.192. The number of likely N-dealkylation sites (tertiary alicyclic amines) is 1. The zero-order valence-corrected chi connectivity index (χ0v) is 18.4. The molecule has 4 aromatic rings. The van der Waals surface area contributed by atoms with E-state index >= 15 is 0 Å². The number of allylic oxidation sites excluding steroid dienone is 1. The van der Waals surface area contributed by atoms with Gasteiger partial charge in [0, 0.05) is 23.8 Å². The average Bonchev–Trinajstić information content (AvgIpc) is 3.46. The van der Waals surface area contributed by atoms with Crippen LogP contribution in [-0.4, -0.2) is 37.2 Å². The van der Waals surface area contributed by atoms with Crippen LogP contribution in [0, 0.1) is 0 Å². The van der Waals surface area contributed by atoms with Gasteiger partial charge in [-0.15, -0.1) is 0 Å². The Labute approximate surface area is 192 Å². The van der Waals surface area contributed by atoms with Gasteiger partial charge in [-0.1, -0.05) is 31.4 Å². The second kappa shape index (κ2) is 8.78. The molecule has 1 unspecified atom stereocenters. The minimum absolute atomic E-state index is 0.282. The third kappa shape index (κ3) is 4.05. The van der Waals surface area contributed by atoms with Gasteiger partial charge in [-0.25, -0.2) is 14.6 Å². The SMILES string of the molecule is C=CC(=C)N1CCCC1Cn1nc(-c2ccc(Oc3ccccc3)cc2)c2c(N)ncnc21. The summed E-state index contributed by atoms with van der Waals surface area (Å²) in [6.45, 7) is 9.67. The average molecular weight is 439 g/mol. The predicted octanol–water partition coefficient (Wildman–Crippen LogP) is 5.03. The van der Waals surface area contributed by atoms with Gasteiger partial charge in [-0.3, -0.25) is 0 Å². The predicted molar refractivity (Wildman–Crippen MR) is 131 cm³/mol. The van der Waals surface area contributed by atoms with Crippen molar-refractivity contribution in [2.45, 2.75) is 25.4 Å². The van der Waals surface area contributed by atoms with E-state index in [2.05, 4.69) is 28.0 Å². The Kier molecular flexibility index (Phi) is 5.52. The Hall–Kier alpha value is -4.13. The molecule has 1 atom stereocenters. The molecule has 5 rings (SSSR count). The first-order valence-corrected chi connectivity index (χ1v) is 11.0. The minimum atomic E-state index is 0.282. The van der Waals surface area contributed by atoms with Crippen molar-refractivity contribution in [1.82, 2.24) is 24.6 Å². The monoisotopic (exact) mass is 438 g/mol. The normalized spacial score (nSPS) is 15.6. The fourth-order valence-corrected chi connectivity index (χ4v) is 4.39. The van der Waals surface area contributed by atoms with Crippen molar-refractivity contribution in [2.75, 3.05) is 12.3 Å². The van der Waals surface area contributed by atoms with Crippen molar-refractivity contribution in [2.24, 2.45) is 0 Å². The van der Waals surface area contributed by atoms with Gasteiger partial charge in [0.1, 0.15) is 29.3 Å². The summed E-state index contributed by atoms with van der Waals surface area (Å²) >= 11 is 0. The number of rotatable bonds is 7. The molecule has 7 nitrogen and oxygen atoms in total. The highest BCUT2D eigenvalue weighted by Gasteiger charge is 2.27. The molecule has 2 aromatic carbocycles. The van der Waals surface area contributed by atoms with E-state index < -0.39 is 0 Å². The van der Waals surface area contributed by atoms with Crippen LogP contribution in [0.4, 0.5) is 5.82 Å². The summed E-state index contributed by atoms with van der Waals surface area (Å²) in [6, 6.07) is 17.8. The molecule has 166 valence electrons. The lowest BCUT2D eigenvalue weighted by Crippen LogP contribution is -2.31. The highest BCUT2D eigenvalue weighted by atomic mass is 16.5. The minimum Gasteiger partial charge on any atom is -0.457 e. The smallest absolute Gasteiger partial charge is 0.164 e. The first-order valence-electron chi connectivity index (χ1n) is 11.0. The van der Waals surface area contributed by atoms with Crippen LogP contribution in [0.25, 0.3) is 22.3 Å². The molecular formula is C26H26N6O. The van der Waals surface area contributed by atoms with Gasteiger partial charge in [0.15, 0.2) is 5.65 Å². The molecule has 0 spiro atoms. The number of ether oxygens (including phenoxy) is 1. The van der Waals surface area contributed by atoms with Crippen LogP contribution in [0.5, 0.6) is 11.5 Å². The zero-order chi connectivity index (χ0) is 22.8. The molecule has 1 fully saturated rings. The van der Waals surface area contributed by atoms with Crippen LogP contribution in [0.2, 0.25) is 0 Å². The van der Waals surface area contributed by atoms with Crippen molar-refractivity contribution >= 4 is 16.9 Å². The molecule has 1 saturated heterocycles. The van der Waals surface area contributed by atoms with Crippen LogP contribution >= 0.6 is 0 Å². The molecular weight excluding hydrogens is 412 g/mol. The second-order valence-electron chi connectivity index (χ2n) is 8.11. The van der Waals surface area contributed by atoms with Gasteiger partial charge in [-0.05, 0) is 55.3 Å². The number of nitrogens with zero attached hydrogens (tertiary/aromatic N) is 5. The lowest BCUT2D eigenvalue weighted by atomic mass is 10.1. The number of para-hydroxylation sites is 1. The van der Waals surface area contributed by atoms with Crippen LogP contribution in [0.15, 0.2) is 85.9 Å². The van der Waals surface area contributed by atoms with E-state index in [1.165, 1.54) is 6.33 Å². The molecule has 1 aliphatic heterocycles. The number of hydrogen-bond acceptors (Lipinski definition) is 6. The maximum Gasteiger partial charge on any atom is 0.164 e.